The Morgan fingerprint density at radius 3 is 2.67 bits per heavy atom. The molecule has 10 heteroatoms. The van der Waals surface area contributed by atoms with Gasteiger partial charge < -0.3 is 10.1 Å². The Morgan fingerprint density at radius 1 is 1.18 bits per heavy atom. The molecule has 0 fully saturated rings. The van der Waals surface area contributed by atoms with Crippen LogP contribution in [0.15, 0.2) is 54.6 Å². The number of aromatic nitrogens is 2. The SMILES string of the molecule is Cc1nn(Cc2ccc(F)cc2)c2sc(C(=O)Nc3cccc(OCCS(C)(=O)=O)c3)cc12. The van der Waals surface area contributed by atoms with Crippen molar-refractivity contribution in [2.45, 2.75) is 13.5 Å². The third kappa shape index (κ3) is 5.77. The maximum atomic E-state index is 13.2. The van der Waals surface area contributed by atoms with Crippen LogP contribution in [0.5, 0.6) is 5.75 Å². The van der Waals surface area contributed by atoms with E-state index in [4.69, 9.17) is 4.74 Å². The summed E-state index contributed by atoms with van der Waals surface area (Å²) in [4.78, 5) is 14.3. The number of halogens is 1. The van der Waals surface area contributed by atoms with E-state index in [9.17, 15) is 17.6 Å². The van der Waals surface area contributed by atoms with Crippen LogP contribution in [0.2, 0.25) is 0 Å². The van der Waals surface area contributed by atoms with Gasteiger partial charge in [-0.05, 0) is 42.8 Å². The number of aryl methyl sites for hydroxylation is 1. The normalized spacial score (nSPS) is 11.6. The van der Waals surface area contributed by atoms with Crippen LogP contribution in [0.1, 0.15) is 20.9 Å². The highest BCUT2D eigenvalue weighted by molar-refractivity contribution is 7.90. The molecule has 0 radical (unpaired) electrons. The number of nitrogens with one attached hydrogen (secondary N) is 1. The van der Waals surface area contributed by atoms with Crippen molar-refractivity contribution in [3.8, 4) is 5.75 Å². The summed E-state index contributed by atoms with van der Waals surface area (Å²) in [6, 6.07) is 14.9. The standard InChI is InChI=1S/C23H22FN3O4S2/c1-15-20-13-21(32-23(20)27(26-15)14-16-6-8-17(24)9-7-16)22(28)25-18-4-3-5-19(12-18)31-10-11-33(2,29)30/h3-9,12-13H,10-11,14H2,1-2H3,(H,25,28). The Hall–Kier alpha value is -3.24. The topological polar surface area (TPSA) is 90.3 Å². The number of hydrogen-bond acceptors (Lipinski definition) is 6. The number of rotatable bonds is 8. The second kappa shape index (κ2) is 9.32. The molecule has 0 aliphatic rings. The maximum absolute atomic E-state index is 13.2. The van der Waals surface area contributed by atoms with E-state index in [1.54, 1.807) is 36.4 Å². The molecule has 0 aliphatic carbocycles. The highest BCUT2D eigenvalue weighted by Gasteiger charge is 2.17. The average Bonchev–Trinajstić information content (AvgIpc) is 3.31. The minimum absolute atomic E-state index is 0.0381. The second-order valence-electron chi connectivity index (χ2n) is 7.66. The largest absolute Gasteiger partial charge is 0.492 e. The summed E-state index contributed by atoms with van der Waals surface area (Å²) in [5.41, 5.74) is 2.26. The Kier molecular flexibility index (Phi) is 6.48. The number of ether oxygens (including phenoxy) is 1. The molecule has 0 spiro atoms. The zero-order valence-electron chi connectivity index (χ0n) is 18.0. The molecule has 7 nitrogen and oxygen atoms in total. The number of anilines is 1. The number of carbonyl (C=O) groups excluding carboxylic acids is 1. The summed E-state index contributed by atoms with van der Waals surface area (Å²) in [6.07, 6.45) is 1.15. The first-order chi connectivity index (χ1) is 15.7. The molecule has 0 saturated carbocycles. The van der Waals surface area contributed by atoms with Gasteiger partial charge in [0.1, 0.15) is 23.0 Å². The molecule has 0 bridgehead atoms. The van der Waals surface area contributed by atoms with E-state index in [-0.39, 0.29) is 24.1 Å². The van der Waals surface area contributed by atoms with Gasteiger partial charge in [0.15, 0.2) is 9.84 Å². The van der Waals surface area contributed by atoms with E-state index in [0.717, 1.165) is 27.7 Å². The van der Waals surface area contributed by atoms with Crippen LogP contribution in [-0.4, -0.2) is 42.7 Å². The molecule has 1 amide bonds. The predicted octanol–water partition coefficient (Wildman–Crippen LogP) is 4.27. The summed E-state index contributed by atoms with van der Waals surface area (Å²) in [6.45, 7) is 2.39. The molecule has 0 aliphatic heterocycles. The van der Waals surface area contributed by atoms with Gasteiger partial charge in [0, 0.05) is 23.4 Å². The number of benzene rings is 2. The molecule has 2 heterocycles. The van der Waals surface area contributed by atoms with Crippen molar-refractivity contribution in [1.29, 1.82) is 0 Å². The summed E-state index contributed by atoms with van der Waals surface area (Å²) < 4.78 is 43.0. The number of nitrogens with zero attached hydrogens (tertiary/aromatic N) is 2. The Bertz CT molecular complexity index is 1410. The van der Waals surface area contributed by atoms with Gasteiger partial charge >= 0.3 is 0 Å². The maximum Gasteiger partial charge on any atom is 0.265 e. The van der Waals surface area contributed by atoms with E-state index < -0.39 is 9.84 Å². The molecule has 4 rings (SSSR count). The number of amides is 1. The molecular formula is C23H22FN3O4S2. The summed E-state index contributed by atoms with van der Waals surface area (Å²) in [7, 11) is -3.11. The summed E-state index contributed by atoms with van der Waals surface area (Å²) in [5.74, 6) is -0.170. The van der Waals surface area contributed by atoms with Gasteiger partial charge in [0.05, 0.1) is 22.9 Å². The second-order valence-corrected chi connectivity index (χ2v) is 10.9. The number of thiophene rings is 1. The molecule has 0 unspecified atom stereocenters. The van der Waals surface area contributed by atoms with Gasteiger partial charge in [-0.25, -0.2) is 12.8 Å². The molecule has 2 aromatic carbocycles. The van der Waals surface area contributed by atoms with Crippen molar-refractivity contribution in [2.75, 3.05) is 23.9 Å². The van der Waals surface area contributed by atoms with Crippen LogP contribution < -0.4 is 10.1 Å². The monoisotopic (exact) mass is 487 g/mol. The van der Waals surface area contributed by atoms with Crippen molar-refractivity contribution in [2.24, 2.45) is 0 Å². The third-order valence-corrected chi connectivity index (χ3v) is 6.95. The van der Waals surface area contributed by atoms with Crippen LogP contribution in [0.4, 0.5) is 10.1 Å². The Balaban J connectivity index is 1.48. The summed E-state index contributed by atoms with van der Waals surface area (Å²) >= 11 is 1.33. The Morgan fingerprint density at radius 2 is 1.94 bits per heavy atom. The highest BCUT2D eigenvalue weighted by atomic mass is 32.2. The minimum atomic E-state index is -3.11. The molecule has 0 atom stereocenters. The third-order valence-electron chi connectivity index (χ3n) is 4.89. The van der Waals surface area contributed by atoms with Gasteiger partial charge in [0.2, 0.25) is 0 Å². The lowest BCUT2D eigenvalue weighted by atomic mass is 10.2. The quantitative estimate of drug-likeness (QED) is 0.401. The van der Waals surface area contributed by atoms with Gasteiger partial charge in [-0.3, -0.25) is 9.48 Å². The first-order valence-electron chi connectivity index (χ1n) is 10.1. The molecular weight excluding hydrogens is 465 g/mol. The zero-order chi connectivity index (χ0) is 23.6. The number of sulfone groups is 1. The van der Waals surface area contributed by atoms with Gasteiger partial charge in [0.25, 0.3) is 5.91 Å². The molecule has 0 saturated heterocycles. The lowest BCUT2D eigenvalue weighted by Crippen LogP contribution is -2.13. The first-order valence-corrected chi connectivity index (χ1v) is 13.0. The molecule has 4 aromatic rings. The lowest BCUT2D eigenvalue weighted by molar-refractivity contribution is 0.103. The summed E-state index contributed by atoms with van der Waals surface area (Å²) in [5, 5.41) is 8.30. The van der Waals surface area contributed by atoms with Gasteiger partial charge in [-0.15, -0.1) is 11.3 Å². The minimum Gasteiger partial charge on any atom is -0.492 e. The van der Waals surface area contributed by atoms with Crippen LogP contribution in [0, 0.1) is 12.7 Å². The smallest absolute Gasteiger partial charge is 0.265 e. The fraction of sp³-hybridized carbons (Fsp3) is 0.217. The van der Waals surface area contributed by atoms with Gasteiger partial charge in [-0.1, -0.05) is 18.2 Å². The van der Waals surface area contributed by atoms with Crippen LogP contribution >= 0.6 is 11.3 Å². The molecule has 2 aromatic heterocycles. The number of carbonyl (C=O) groups is 1. The van der Waals surface area contributed by atoms with E-state index in [2.05, 4.69) is 10.4 Å². The van der Waals surface area contributed by atoms with Crippen LogP contribution in [0.3, 0.4) is 0 Å². The highest BCUT2D eigenvalue weighted by Crippen LogP contribution is 2.30. The van der Waals surface area contributed by atoms with Crippen LogP contribution in [0.25, 0.3) is 10.2 Å². The van der Waals surface area contributed by atoms with E-state index in [0.29, 0.717) is 22.9 Å². The fourth-order valence-electron chi connectivity index (χ4n) is 3.26. The van der Waals surface area contributed by atoms with Crippen molar-refractivity contribution in [3.63, 3.8) is 0 Å². The average molecular weight is 488 g/mol. The molecule has 172 valence electrons. The van der Waals surface area contributed by atoms with Crippen LogP contribution in [-0.2, 0) is 16.4 Å². The van der Waals surface area contributed by atoms with E-state index in [1.165, 1.54) is 23.5 Å². The van der Waals surface area contributed by atoms with Crippen molar-refractivity contribution in [1.82, 2.24) is 9.78 Å². The zero-order valence-corrected chi connectivity index (χ0v) is 19.7. The van der Waals surface area contributed by atoms with E-state index in [1.807, 2.05) is 17.7 Å². The number of fused-ring (bicyclic) bond motifs is 1. The van der Waals surface area contributed by atoms with Crippen molar-refractivity contribution in [3.05, 3.63) is 76.5 Å². The fourth-order valence-corrected chi connectivity index (χ4v) is 4.70. The van der Waals surface area contributed by atoms with Gasteiger partial charge in [-0.2, -0.15) is 5.10 Å². The Labute approximate surface area is 194 Å². The van der Waals surface area contributed by atoms with E-state index >= 15 is 0 Å². The van der Waals surface area contributed by atoms with Crippen molar-refractivity contribution < 1.29 is 22.3 Å². The number of hydrogen-bond donors (Lipinski definition) is 1. The van der Waals surface area contributed by atoms with Crippen molar-refractivity contribution >= 4 is 43.0 Å². The first kappa shape index (κ1) is 22.9. The lowest BCUT2D eigenvalue weighted by Gasteiger charge is -2.08. The molecule has 1 N–H and O–H groups in total. The predicted molar refractivity (Wildman–Crippen MR) is 127 cm³/mol. The molecule has 33 heavy (non-hydrogen) atoms.